The van der Waals surface area contributed by atoms with Gasteiger partial charge in [0.15, 0.2) is 5.82 Å². The minimum Gasteiger partial charge on any atom is -0.497 e. The van der Waals surface area contributed by atoms with E-state index in [1.165, 1.54) is 0 Å². The summed E-state index contributed by atoms with van der Waals surface area (Å²) in [6, 6.07) is 5.02. The number of fused-ring (bicyclic) bond motifs is 3. The second-order valence-corrected chi connectivity index (χ2v) is 12.4. The number of anilines is 1. The lowest BCUT2D eigenvalue weighted by Gasteiger charge is -2.27. The molecule has 10 nitrogen and oxygen atoms in total. The number of halogens is 1. The average Bonchev–Trinajstić information content (AvgIpc) is 3.23. The molecule has 3 heterocycles. The molecule has 0 radical (unpaired) electrons. The Bertz CT molecular complexity index is 1180. The topological polar surface area (TPSA) is 115 Å². The summed E-state index contributed by atoms with van der Waals surface area (Å²) in [5.74, 6) is 3.61. The van der Waals surface area contributed by atoms with Crippen molar-refractivity contribution in [3.05, 3.63) is 42.0 Å². The van der Waals surface area contributed by atoms with Crippen LogP contribution in [0.4, 0.5) is 5.95 Å². The third-order valence-corrected chi connectivity index (χ3v) is 8.87. The van der Waals surface area contributed by atoms with Gasteiger partial charge in [0.05, 0.1) is 30.6 Å². The molecule has 0 fully saturated rings. The summed E-state index contributed by atoms with van der Waals surface area (Å²) in [7, 11) is 1.76. The van der Waals surface area contributed by atoms with Gasteiger partial charge in [-0.2, -0.15) is 0 Å². The van der Waals surface area contributed by atoms with Crippen molar-refractivity contribution < 1.29 is 18.8 Å². The Kier molecular flexibility index (Phi) is 8.83. The number of rotatable bonds is 10. The van der Waals surface area contributed by atoms with Crippen LogP contribution in [0.2, 0.25) is 0 Å². The smallest absolute Gasteiger partial charge is 0.239 e. The van der Waals surface area contributed by atoms with Crippen molar-refractivity contribution in [1.29, 1.82) is 0 Å². The Hall–Kier alpha value is -1.97. The number of aliphatic hydroxyl groups excluding tert-OH is 1. The standard InChI is InChI=1S/C22H27IN6O4S2/c1-14-10-24-20(25-11-14)8-15(2)35(31)28(6-7-34-23)22-27-26-21-18-9-17(32-3)4-5-19(18)33-13-16(12-30)29(21)22/h4-5,9-11,15-16,30H,6-8,12-13H2,1-3H3. The molecular formula is C22H27IN6O4S2. The number of nitrogens with zero attached hydrogens (tertiary/aromatic N) is 6. The number of hydrogen-bond acceptors (Lipinski definition) is 9. The van der Waals surface area contributed by atoms with Crippen molar-refractivity contribution in [2.24, 2.45) is 0 Å². The van der Waals surface area contributed by atoms with Gasteiger partial charge in [-0.25, -0.2) is 14.2 Å². The van der Waals surface area contributed by atoms with Gasteiger partial charge in [-0.3, -0.25) is 8.87 Å². The fourth-order valence-corrected chi connectivity index (χ4v) is 6.00. The highest BCUT2D eigenvalue weighted by atomic mass is 127. The zero-order valence-electron chi connectivity index (χ0n) is 19.6. The third-order valence-electron chi connectivity index (χ3n) is 5.57. The van der Waals surface area contributed by atoms with Crippen LogP contribution >= 0.6 is 30.1 Å². The summed E-state index contributed by atoms with van der Waals surface area (Å²) < 4.78 is 28.8. The lowest BCUT2D eigenvalue weighted by molar-refractivity contribution is 0.172. The first kappa shape index (κ1) is 26.1. The Morgan fingerprint density at radius 3 is 2.83 bits per heavy atom. The Balaban J connectivity index is 1.73. The summed E-state index contributed by atoms with van der Waals surface area (Å²) in [5.41, 5.74) is 1.68. The lowest BCUT2D eigenvalue weighted by Crippen LogP contribution is -2.38. The molecule has 3 atom stereocenters. The van der Waals surface area contributed by atoms with Crippen LogP contribution in [-0.4, -0.2) is 71.9 Å². The molecule has 0 saturated heterocycles. The second-order valence-electron chi connectivity index (χ2n) is 8.09. The van der Waals surface area contributed by atoms with Crippen LogP contribution in [0.3, 0.4) is 0 Å². The molecule has 4 rings (SSSR count). The highest BCUT2D eigenvalue weighted by Gasteiger charge is 2.33. The fourth-order valence-electron chi connectivity index (χ4n) is 3.76. The van der Waals surface area contributed by atoms with Crippen molar-refractivity contribution in [2.75, 3.05) is 36.9 Å². The summed E-state index contributed by atoms with van der Waals surface area (Å²) in [6.07, 6.45) is 3.98. The van der Waals surface area contributed by atoms with E-state index in [1.807, 2.05) is 36.6 Å². The van der Waals surface area contributed by atoms with Crippen molar-refractivity contribution >= 4 is 47.1 Å². The molecule has 3 unspecified atom stereocenters. The molecule has 1 aliphatic rings. The van der Waals surface area contributed by atoms with Gasteiger partial charge in [0, 0.05) is 31.1 Å². The molecular weight excluding hydrogens is 603 g/mol. The molecule has 188 valence electrons. The van der Waals surface area contributed by atoms with Gasteiger partial charge in [-0.15, -0.1) is 10.2 Å². The van der Waals surface area contributed by atoms with Gasteiger partial charge in [-0.1, -0.05) is 8.93 Å². The molecule has 0 bridgehead atoms. The van der Waals surface area contributed by atoms with Gasteiger partial charge in [0.2, 0.25) is 5.95 Å². The largest absolute Gasteiger partial charge is 0.497 e. The van der Waals surface area contributed by atoms with Crippen LogP contribution in [0.15, 0.2) is 30.6 Å². The molecule has 0 aliphatic carbocycles. The van der Waals surface area contributed by atoms with Crippen molar-refractivity contribution in [3.8, 4) is 22.9 Å². The highest BCUT2D eigenvalue weighted by molar-refractivity contribution is 14.2. The minimum atomic E-state index is -1.46. The molecule has 13 heteroatoms. The van der Waals surface area contributed by atoms with Crippen LogP contribution in [-0.2, 0) is 17.4 Å². The van der Waals surface area contributed by atoms with Crippen LogP contribution < -0.4 is 13.8 Å². The number of benzene rings is 1. The molecule has 0 amide bonds. The van der Waals surface area contributed by atoms with Gasteiger partial charge in [0.1, 0.15) is 34.9 Å². The van der Waals surface area contributed by atoms with Gasteiger partial charge >= 0.3 is 0 Å². The van der Waals surface area contributed by atoms with E-state index < -0.39 is 17.0 Å². The molecule has 1 N–H and O–H groups in total. The van der Waals surface area contributed by atoms with Crippen LogP contribution in [0.5, 0.6) is 11.5 Å². The zero-order chi connectivity index (χ0) is 24.9. The van der Waals surface area contributed by atoms with E-state index in [9.17, 15) is 9.32 Å². The first-order chi connectivity index (χ1) is 17.0. The monoisotopic (exact) mass is 630 g/mol. The maximum Gasteiger partial charge on any atom is 0.239 e. The van der Waals surface area contributed by atoms with E-state index in [2.05, 4.69) is 41.4 Å². The quantitative estimate of drug-likeness (QED) is 0.338. The van der Waals surface area contributed by atoms with Crippen LogP contribution in [0.25, 0.3) is 11.4 Å². The summed E-state index contributed by atoms with van der Waals surface area (Å²) in [5, 5.41) is 18.9. The predicted molar refractivity (Wildman–Crippen MR) is 146 cm³/mol. The number of hydrogen-bond donors (Lipinski definition) is 1. The van der Waals surface area contributed by atoms with Crippen molar-refractivity contribution in [3.63, 3.8) is 0 Å². The first-order valence-electron chi connectivity index (χ1n) is 11.0. The molecule has 35 heavy (non-hydrogen) atoms. The molecule has 0 saturated carbocycles. The minimum absolute atomic E-state index is 0.183. The van der Waals surface area contributed by atoms with E-state index in [-0.39, 0.29) is 18.5 Å². The Morgan fingerprint density at radius 1 is 1.37 bits per heavy atom. The average molecular weight is 631 g/mol. The van der Waals surface area contributed by atoms with E-state index in [1.54, 1.807) is 32.7 Å². The zero-order valence-corrected chi connectivity index (χ0v) is 23.4. The predicted octanol–water partition coefficient (Wildman–Crippen LogP) is 3.16. The number of aromatic nitrogens is 5. The normalized spacial score (nSPS) is 16.4. The first-order valence-corrected chi connectivity index (χ1v) is 15.7. The maximum absolute atomic E-state index is 13.8. The Morgan fingerprint density at radius 2 is 2.14 bits per heavy atom. The maximum atomic E-state index is 13.8. The molecule has 1 aromatic carbocycles. The van der Waals surface area contributed by atoms with Gasteiger partial charge in [-0.05, 0) is 58.8 Å². The van der Waals surface area contributed by atoms with E-state index in [0.717, 1.165) is 11.3 Å². The van der Waals surface area contributed by atoms with Crippen molar-refractivity contribution in [1.82, 2.24) is 24.7 Å². The molecule has 2 aromatic heterocycles. The fraction of sp³-hybridized carbons (Fsp3) is 0.455. The van der Waals surface area contributed by atoms with E-state index in [0.29, 0.717) is 47.6 Å². The lowest BCUT2D eigenvalue weighted by atomic mass is 10.1. The van der Waals surface area contributed by atoms with Crippen molar-refractivity contribution in [2.45, 2.75) is 31.6 Å². The molecule has 3 aromatic rings. The number of ether oxygens (including phenoxy) is 2. The van der Waals surface area contributed by atoms with Crippen LogP contribution in [0, 0.1) is 6.92 Å². The molecule has 1 aliphatic heterocycles. The summed E-state index contributed by atoms with van der Waals surface area (Å²) in [6.45, 7) is 4.37. The van der Waals surface area contributed by atoms with Gasteiger partial charge in [0.25, 0.3) is 0 Å². The highest BCUT2D eigenvalue weighted by Crippen LogP contribution is 2.39. The summed E-state index contributed by atoms with van der Waals surface area (Å²) in [4.78, 5) is 8.74. The van der Waals surface area contributed by atoms with E-state index in [4.69, 9.17) is 9.47 Å². The van der Waals surface area contributed by atoms with Crippen LogP contribution in [0.1, 0.15) is 24.4 Å². The second kappa shape index (κ2) is 11.8. The number of aliphatic hydroxyl groups is 1. The number of methoxy groups -OCH3 is 1. The Labute approximate surface area is 223 Å². The number of aryl methyl sites for hydroxylation is 1. The van der Waals surface area contributed by atoms with Gasteiger partial charge < -0.3 is 14.6 Å². The summed E-state index contributed by atoms with van der Waals surface area (Å²) >= 11 is 2.22. The van der Waals surface area contributed by atoms with E-state index >= 15 is 0 Å². The SMILES string of the molecule is COc1ccc2c(c1)-c1nnc(N(CCSI)S(=O)C(C)Cc3ncc(C)cn3)n1C(CO)CO2. The molecule has 0 spiro atoms. The third kappa shape index (κ3) is 5.73.